The molecule has 3 aromatic rings. The summed E-state index contributed by atoms with van der Waals surface area (Å²) in [5.74, 6) is -4.32. The number of amides is 1. The molecule has 0 bridgehead atoms. The molecule has 0 saturated carbocycles. The number of benzene rings is 1. The Kier molecular flexibility index (Phi) is 7.67. The summed E-state index contributed by atoms with van der Waals surface area (Å²) in [5.41, 5.74) is -2.47. The molecule has 1 aliphatic heterocycles. The number of hydrogen-bond donors (Lipinski definition) is 1. The minimum Gasteiger partial charge on any atom is -0.349 e. The van der Waals surface area contributed by atoms with Crippen LogP contribution in [0.5, 0.6) is 0 Å². The zero-order chi connectivity index (χ0) is 28.7. The summed E-state index contributed by atoms with van der Waals surface area (Å²) in [7, 11) is -4.40. The van der Waals surface area contributed by atoms with E-state index in [1.165, 1.54) is 6.92 Å². The third-order valence-corrected chi connectivity index (χ3v) is 8.16. The molecule has 1 N–H and O–H groups in total. The highest BCUT2D eigenvalue weighted by atomic mass is 32.2. The normalized spacial score (nSPS) is 20.3. The summed E-state index contributed by atoms with van der Waals surface area (Å²) in [6.07, 6.45) is -5.87. The predicted molar refractivity (Wildman–Crippen MR) is 122 cm³/mol. The number of sulfonamides is 1. The Hall–Kier alpha value is -3.59. The van der Waals surface area contributed by atoms with E-state index in [1.807, 2.05) is 0 Å². The molecule has 39 heavy (non-hydrogen) atoms. The van der Waals surface area contributed by atoms with Crippen LogP contribution in [0.3, 0.4) is 0 Å². The molecule has 3 atom stereocenters. The fourth-order valence-electron chi connectivity index (χ4n) is 4.18. The number of carbonyl (C=O) groups is 1. The van der Waals surface area contributed by atoms with E-state index >= 15 is 0 Å². The number of alkyl halides is 4. The Bertz CT molecular complexity index is 1500. The van der Waals surface area contributed by atoms with Crippen molar-refractivity contribution < 1.29 is 43.9 Å². The fraction of sp³-hybridized carbons (Fsp3) is 0.292. The van der Waals surface area contributed by atoms with Crippen LogP contribution in [-0.2, 0) is 27.5 Å². The van der Waals surface area contributed by atoms with Crippen molar-refractivity contribution in [1.29, 1.82) is 0 Å². The largest absolute Gasteiger partial charge is 0.436 e. The summed E-state index contributed by atoms with van der Waals surface area (Å²) in [6, 6.07) is 2.60. The zero-order valence-corrected chi connectivity index (χ0v) is 20.7. The summed E-state index contributed by atoms with van der Waals surface area (Å²) >= 11 is 0. The molecule has 1 saturated heterocycles. The van der Waals surface area contributed by atoms with Gasteiger partial charge in [-0.3, -0.25) is 9.78 Å². The van der Waals surface area contributed by atoms with Gasteiger partial charge in [-0.05, 0) is 43.3 Å². The maximum absolute atomic E-state index is 14.6. The Morgan fingerprint density at radius 1 is 1.05 bits per heavy atom. The van der Waals surface area contributed by atoms with Gasteiger partial charge in [0.05, 0.1) is 29.4 Å². The van der Waals surface area contributed by atoms with Crippen molar-refractivity contribution >= 4 is 15.9 Å². The molecule has 208 valence electrons. The van der Waals surface area contributed by atoms with Crippen molar-refractivity contribution in [1.82, 2.24) is 19.6 Å². The van der Waals surface area contributed by atoms with Crippen LogP contribution in [0.25, 0.3) is 11.1 Å². The summed E-state index contributed by atoms with van der Waals surface area (Å²) in [4.78, 5) is 19.4. The van der Waals surface area contributed by atoms with Crippen LogP contribution >= 0.6 is 0 Å². The number of aromatic nitrogens is 2. The summed E-state index contributed by atoms with van der Waals surface area (Å²) in [5, 5.41) is 2.39. The minimum atomic E-state index is -5.05. The standard InChI is InChI=1S/C24H19F7N4O3S/c1-12-18(26)8-21(35(12)39(37,38)16-4-2-14(25)3-5-16)23(36)34-10-15-7-17(20(28)11-32-15)13-6-19(27)22(33-9-13)24(29,30)31/h2-7,9,11-12,18,21H,8,10H2,1H3,(H,34,36). The van der Waals surface area contributed by atoms with Gasteiger partial charge in [0.2, 0.25) is 15.9 Å². The number of nitrogens with zero attached hydrogens (tertiary/aromatic N) is 3. The molecule has 0 radical (unpaired) electrons. The SMILES string of the molecule is CC1C(F)CC(C(=O)NCc2cc(-c3cnc(C(F)(F)F)c(F)c3)c(F)cn2)N1S(=O)(=O)c1ccc(F)cc1. The lowest BCUT2D eigenvalue weighted by atomic mass is 10.1. The maximum atomic E-state index is 14.6. The molecular weight excluding hydrogens is 557 g/mol. The van der Waals surface area contributed by atoms with Crippen LogP contribution in [0.2, 0.25) is 0 Å². The lowest BCUT2D eigenvalue weighted by molar-refractivity contribution is -0.143. The van der Waals surface area contributed by atoms with Crippen LogP contribution < -0.4 is 5.32 Å². The average molecular weight is 576 g/mol. The van der Waals surface area contributed by atoms with Crippen molar-refractivity contribution in [3.63, 3.8) is 0 Å². The molecule has 1 aliphatic rings. The molecule has 1 fully saturated rings. The minimum absolute atomic E-state index is 0.0177. The van der Waals surface area contributed by atoms with Gasteiger partial charge in [0, 0.05) is 23.7 Å². The molecule has 15 heteroatoms. The maximum Gasteiger partial charge on any atom is 0.436 e. The van der Waals surface area contributed by atoms with Gasteiger partial charge in [-0.2, -0.15) is 17.5 Å². The van der Waals surface area contributed by atoms with E-state index in [1.54, 1.807) is 0 Å². The van der Waals surface area contributed by atoms with Crippen molar-refractivity contribution in [2.45, 2.75) is 49.2 Å². The Balaban J connectivity index is 1.54. The fourth-order valence-corrected chi connectivity index (χ4v) is 5.99. The Morgan fingerprint density at radius 2 is 1.72 bits per heavy atom. The van der Waals surface area contributed by atoms with E-state index in [4.69, 9.17) is 0 Å². The smallest absolute Gasteiger partial charge is 0.349 e. The van der Waals surface area contributed by atoms with E-state index in [0.717, 1.165) is 30.3 Å². The third-order valence-electron chi connectivity index (χ3n) is 6.15. The number of rotatable bonds is 6. The van der Waals surface area contributed by atoms with Crippen LogP contribution in [0.1, 0.15) is 24.7 Å². The van der Waals surface area contributed by atoms with Crippen molar-refractivity contribution in [3.8, 4) is 11.1 Å². The number of nitrogens with one attached hydrogen (secondary N) is 1. The van der Waals surface area contributed by atoms with Gasteiger partial charge < -0.3 is 5.32 Å². The van der Waals surface area contributed by atoms with Crippen LogP contribution in [0, 0.1) is 17.5 Å². The highest BCUT2D eigenvalue weighted by Crippen LogP contribution is 2.34. The van der Waals surface area contributed by atoms with Crippen molar-refractivity contribution in [3.05, 3.63) is 77.6 Å². The van der Waals surface area contributed by atoms with E-state index in [9.17, 15) is 43.9 Å². The second-order valence-electron chi connectivity index (χ2n) is 8.72. The Labute approximate surface area is 217 Å². The molecule has 2 aromatic heterocycles. The molecule has 0 aliphatic carbocycles. The predicted octanol–water partition coefficient (Wildman–Crippen LogP) is 4.39. The van der Waals surface area contributed by atoms with Crippen molar-refractivity contribution in [2.75, 3.05) is 0 Å². The second kappa shape index (κ2) is 10.5. The van der Waals surface area contributed by atoms with E-state index in [2.05, 4.69) is 15.3 Å². The number of hydrogen-bond acceptors (Lipinski definition) is 5. The lowest BCUT2D eigenvalue weighted by Gasteiger charge is -2.26. The van der Waals surface area contributed by atoms with Crippen molar-refractivity contribution in [2.24, 2.45) is 0 Å². The first-order valence-corrected chi connectivity index (χ1v) is 12.7. The second-order valence-corrected chi connectivity index (χ2v) is 10.6. The number of carbonyl (C=O) groups excluding carboxylic acids is 1. The van der Waals surface area contributed by atoms with Gasteiger partial charge in [0.25, 0.3) is 0 Å². The quantitative estimate of drug-likeness (QED) is 0.440. The van der Waals surface area contributed by atoms with Gasteiger partial charge in [-0.15, -0.1) is 0 Å². The Morgan fingerprint density at radius 3 is 2.33 bits per heavy atom. The molecule has 1 amide bonds. The third kappa shape index (κ3) is 5.73. The first-order valence-electron chi connectivity index (χ1n) is 11.3. The van der Waals surface area contributed by atoms with Gasteiger partial charge >= 0.3 is 6.18 Å². The molecule has 3 unspecified atom stereocenters. The van der Waals surface area contributed by atoms with Crippen LogP contribution in [-0.4, -0.2) is 46.9 Å². The van der Waals surface area contributed by atoms with E-state index < -0.39 is 76.5 Å². The lowest BCUT2D eigenvalue weighted by Crippen LogP contribution is -2.48. The van der Waals surface area contributed by atoms with Gasteiger partial charge in [0.1, 0.15) is 23.8 Å². The number of pyridine rings is 2. The molecule has 7 nitrogen and oxygen atoms in total. The van der Waals surface area contributed by atoms with Gasteiger partial charge in [-0.1, -0.05) is 0 Å². The zero-order valence-electron chi connectivity index (χ0n) is 19.9. The molecule has 0 spiro atoms. The average Bonchev–Trinajstić information content (AvgIpc) is 3.17. The monoisotopic (exact) mass is 576 g/mol. The van der Waals surface area contributed by atoms with E-state index in [0.29, 0.717) is 22.8 Å². The first-order chi connectivity index (χ1) is 18.2. The molecule has 4 rings (SSSR count). The van der Waals surface area contributed by atoms with Crippen LogP contribution in [0.4, 0.5) is 30.7 Å². The summed E-state index contributed by atoms with van der Waals surface area (Å²) < 4.78 is 121. The summed E-state index contributed by atoms with van der Waals surface area (Å²) in [6.45, 7) is 0.874. The molecule has 3 heterocycles. The highest BCUT2D eigenvalue weighted by Gasteiger charge is 2.49. The topological polar surface area (TPSA) is 92.3 Å². The number of halogens is 7. The first kappa shape index (κ1) is 28.4. The van der Waals surface area contributed by atoms with Gasteiger partial charge in [0.15, 0.2) is 11.5 Å². The van der Waals surface area contributed by atoms with Gasteiger partial charge in [-0.25, -0.2) is 31.0 Å². The molecule has 1 aromatic carbocycles. The van der Waals surface area contributed by atoms with Crippen LogP contribution in [0.15, 0.2) is 53.7 Å². The molecular formula is C24H19F7N4O3S. The highest BCUT2D eigenvalue weighted by molar-refractivity contribution is 7.89. The van der Waals surface area contributed by atoms with E-state index in [-0.39, 0.29) is 21.7 Å².